The Bertz CT molecular complexity index is 403. The molecule has 0 bridgehead atoms. The van der Waals surface area contributed by atoms with E-state index >= 15 is 0 Å². The predicted molar refractivity (Wildman–Crippen MR) is 87.3 cm³/mol. The summed E-state index contributed by atoms with van der Waals surface area (Å²) in [5, 5.41) is 0. The zero-order valence-corrected chi connectivity index (χ0v) is 13.4. The molecule has 1 aromatic carbocycles. The maximum atomic E-state index is 5.73. The van der Waals surface area contributed by atoms with Crippen molar-refractivity contribution < 1.29 is 9.47 Å². The molecule has 20 heavy (non-hydrogen) atoms. The molecule has 1 atom stereocenters. The van der Waals surface area contributed by atoms with E-state index in [-0.39, 0.29) is 0 Å². The lowest BCUT2D eigenvalue weighted by Crippen LogP contribution is -2.13. The molecule has 0 aliphatic carbocycles. The summed E-state index contributed by atoms with van der Waals surface area (Å²) in [5.74, 6) is 1.51. The molecule has 0 aliphatic rings. The molecular weight excluding hydrogens is 270 g/mol. The van der Waals surface area contributed by atoms with Crippen LogP contribution >= 0.6 is 12.2 Å². The van der Waals surface area contributed by atoms with Gasteiger partial charge in [0, 0.05) is 12.0 Å². The molecule has 1 rings (SSSR count). The summed E-state index contributed by atoms with van der Waals surface area (Å²) in [7, 11) is 0. The predicted octanol–water partition coefficient (Wildman–Crippen LogP) is 3.54. The van der Waals surface area contributed by atoms with Crippen molar-refractivity contribution in [1.82, 2.24) is 0 Å². The molecule has 4 heteroatoms. The van der Waals surface area contributed by atoms with Crippen LogP contribution in [-0.2, 0) is 4.74 Å². The molecule has 0 saturated carbocycles. The number of hydrogen-bond donors (Lipinski definition) is 1. The minimum Gasteiger partial charge on any atom is -0.494 e. The van der Waals surface area contributed by atoms with Crippen LogP contribution in [0.25, 0.3) is 0 Å². The van der Waals surface area contributed by atoms with Crippen LogP contribution in [0.2, 0.25) is 0 Å². The van der Waals surface area contributed by atoms with E-state index in [4.69, 9.17) is 27.4 Å². The Morgan fingerprint density at radius 3 is 2.35 bits per heavy atom. The molecule has 0 radical (unpaired) electrons. The standard InChI is InChI=1S/C16H25NO2S/c1-12(2)11-13(3)18-9-4-10-19-15-7-5-14(6-8-15)16(17)20/h5-8,12-13H,4,9-11H2,1-3H3,(H2,17,20). The van der Waals surface area contributed by atoms with Crippen molar-refractivity contribution in [2.75, 3.05) is 13.2 Å². The SMILES string of the molecule is CC(C)CC(C)OCCCOc1ccc(C(N)=S)cc1. The molecular formula is C16H25NO2S. The molecule has 0 aromatic heterocycles. The number of ether oxygens (including phenoxy) is 2. The van der Waals surface area contributed by atoms with Gasteiger partial charge in [0.2, 0.25) is 0 Å². The number of rotatable bonds is 9. The summed E-state index contributed by atoms with van der Waals surface area (Å²) in [6.07, 6.45) is 2.31. The van der Waals surface area contributed by atoms with Crippen LogP contribution in [0.4, 0.5) is 0 Å². The first-order valence-electron chi connectivity index (χ1n) is 7.13. The van der Waals surface area contributed by atoms with E-state index in [1.165, 1.54) is 0 Å². The Morgan fingerprint density at radius 2 is 1.80 bits per heavy atom. The molecule has 1 aromatic rings. The van der Waals surface area contributed by atoms with Crippen LogP contribution in [0.15, 0.2) is 24.3 Å². The van der Waals surface area contributed by atoms with Crippen LogP contribution in [0, 0.1) is 5.92 Å². The summed E-state index contributed by atoms with van der Waals surface area (Å²) in [6.45, 7) is 7.92. The average molecular weight is 295 g/mol. The van der Waals surface area contributed by atoms with E-state index < -0.39 is 0 Å². The van der Waals surface area contributed by atoms with E-state index in [1.807, 2.05) is 24.3 Å². The lowest BCUT2D eigenvalue weighted by atomic mass is 10.1. The number of nitrogens with two attached hydrogens (primary N) is 1. The van der Waals surface area contributed by atoms with Crippen molar-refractivity contribution in [2.24, 2.45) is 11.7 Å². The molecule has 1 unspecified atom stereocenters. The second-order valence-corrected chi connectivity index (χ2v) is 5.84. The maximum absolute atomic E-state index is 5.73. The van der Waals surface area contributed by atoms with Gasteiger partial charge in [0.15, 0.2) is 0 Å². The van der Waals surface area contributed by atoms with Gasteiger partial charge in [-0.05, 0) is 43.5 Å². The molecule has 0 fully saturated rings. The zero-order valence-electron chi connectivity index (χ0n) is 12.6. The highest BCUT2D eigenvalue weighted by molar-refractivity contribution is 7.80. The first-order chi connectivity index (χ1) is 9.49. The minimum absolute atomic E-state index is 0.319. The fraction of sp³-hybridized carbons (Fsp3) is 0.562. The van der Waals surface area contributed by atoms with Gasteiger partial charge in [-0.1, -0.05) is 26.1 Å². The highest BCUT2D eigenvalue weighted by Crippen LogP contribution is 2.12. The lowest BCUT2D eigenvalue weighted by Gasteiger charge is -2.15. The lowest BCUT2D eigenvalue weighted by molar-refractivity contribution is 0.0447. The van der Waals surface area contributed by atoms with Gasteiger partial charge in [0.1, 0.15) is 10.7 Å². The van der Waals surface area contributed by atoms with Gasteiger partial charge in [0.25, 0.3) is 0 Å². The largest absolute Gasteiger partial charge is 0.494 e. The second-order valence-electron chi connectivity index (χ2n) is 5.40. The number of thiocarbonyl (C=S) groups is 1. The summed E-state index contributed by atoms with van der Waals surface area (Å²) in [4.78, 5) is 0.407. The number of hydrogen-bond acceptors (Lipinski definition) is 3. The fourth-order valence-electron chi connectivity index (χ4n) is 1.98. The minimum atomic E-state index is 0.319. The van der Waals surface area contributed by atoms with Gasteiger partial charge >= 0.3 is 0 Å². The third-order valence-corrected chi connectivity index (χ3v) is 3.14. The average Bonchev–Trinajstić information content (AvgIpc) is 2.38. The summed E-state index contributed by atoms with van der Waals surface area (Å²) in [5.41, 5.74) is 6.40. The van der Waals surface area contributed by atoms with Crippen molar-refractivity contribution in [3.63, 3.8) is 0 Å². The Morgan fingerprint density at radius 1 is 1.15 bits per heavy atom. The van der Waals surface area contributed by atoms with E-state index in [9.17, 15) is 0 Å². The fourth-order valence-corrected chi connectivity index (χ4v) is 2.12. The smallest absolute Gasteiger partial charge is 0.119 e. The van der Waals surface area contributed by atoms with E-state index in [2.05, 4.69) is 20.8 Å². The molecule has 3 nitrogen and oxygen atoms in total. The molecule has 0 amide bonds. The van der Waals surface area contributed by atoms with E-state index in [0.29, 0.717) is 23.6 Å². The van der Waals surface area contributed by atoms with Crippen molar-refractivity contribution in [3.05, 3.63) is 29.8 Å². The van der Waals surface area contributed by atoms with Gasteiger partial charge in [0.05, 0.1) is 19.3 Å². The second kappa shape index (κ2) is 8.93. The van der Waals surface area contributed by atoms with E-state index in [1.54, 1.807) is 0 Å². The maximum Gasteiger partial charge on any atom is 0.119 e. The quantitative estimate of drug-likeness (QED) is 0.559. The van der Waals surface area contributed by atoms with Crippen molar-refractivity contribution in [3.8, 4) is 5.75 Å². The van der Waals surface area contributed by atoms with Gasteiger partial charge in [-0.3, -0.25) is 0 Å². The first-order valence-corrected chi connectivity index (χ1v) is 7.54. The van der Waals surface area contributed by atoms with Crippen LogP contribution in [0.3, 0.4) is 0 Å². The molecule has 0 saturated heterocycles. The molecule has 2 N–H and O–H groups in total. The first kappa shape index (κ1) is 16.9. The Kier molecular flexibility index (Phi) is 7.55. The van der Waals surface area contributed by atoms with Gasteiger partial charge in [-0.25, -0.2) is 0 Å². The van der Waals surface area contributed by atoms with Crippen molar-refractivity contribution in [1.29, 1.82) is 0 Å². The van der Waals surface area contributed by atoms with Crippen LogP contribution in [0.1, 0.15) is 39.2 Å². The monoisotopic (exact) mass is 295 g/mol. The van der Waals surface area contributed by atoms with Gasteiger partial charge in [-0.15, -0.1) is 0 Å². The van der Waals surface area contributed by atoms with Crippen LogP contribution in [-0.4, -0.2) is 24.3 Å². The molecule has 112 valence electrons. The summed E-state index contributed by atoms with van der Waals surface area (Å²) in [6, 6.07) is 7.52. The van der Waals surface area contributed by atoms with Crippen LogP contribution < -0.4 is 10.5 Å². The Balaban J connectivity index is 2.16. The highest BCUT2D eigenvalue weighted by Gasteiger charge is 2.04. The van der Waals surface area contributed by atoms with E-state index in [0.717, 1.165) is 30.8 Å². The van der Waals surface area contributed by atoms with Crippen molar-refractivity contribution in [2.45, 2.75) is 39.7 Å². The Hall–Kier alpha value is -1.13. The van der Waals surface area contributed by atoms with Crippen LogP contribution in [0.5, 0.6) is 5.75 Å². The topological polar surface area (TPSA) is 44.5 Å². The third-order valence-electron chi connectivity index (χ3n) is 2.90. The molecule has 0 heterocycles. The summed E-state index contributed by atoms with van der Waals surface area (Å²) < 4.78 is 11.4. The molecule has 0 aliphatic heterocycles. The Labute approximate surface area is 127 Å². The normalized spacial score (nSPS) is 12.4. The van der Waals surface area contributed by atoms with Crippen molar-refractivity contribution >= 4 is 17.2 Å². The highest BCUT2D eigenvalue weighted by atomic mass is 32.1. The third kappa shape index (κ3) is 6.87. The molecule has 0 spiro atoms. The number of benzene rings is 1. The van der Waals surface area contributed by atoms with Gasteiger partial charge < -0.3 is 15.2 Å². The summed E-state index contributed by atoms with van der Waals surface area (Å²) >= 11 is 4.90. The zero-order chi connectivity index (χ0) is 15.0. The van der Waals surface area contributed by atoms with Gasteiger partial charge in [-0.2, -0.15) is 0 Å².